The van der Waals surface area contributed by atoms with Crippen molar-refractivity contribution in [2.24, 2.45) is 11.7 Å². The van der Waals surface area contributed by atoms with Gasteiger partial charge in [-0.3, -0.25) is 4.79 Å². The molecule has 2 aromatic carbocycles. The highest BCUT2D eigenvalue weighted by Crippen LogP contribution is 2.28. The molecule has 24 heavy (non-hydrogen) atoms. The summed E-state index contributed by atoms with van der Waals surface area (Å²) in [4.78, 5) is 12.4. The number of benzene rings is 2. The van der Waals surface area contributed by atoms with Gasteiger partial charge in [-0.05, 0) is 25.0 Å². The lowest BCUT2D eigenvalue weighted by molar-refractivity contribution is -0.125. The fourth-order valence-corrected chi connectivity index (χ4v) is 2.77. The van der Waals surface area contributed by atoms with Crippen LogP contribution in [0, 0.1) is 5.92 Å². The van der Waals surface area contributed by atoms with Gasteiger partial charge in [-0.2, -0.15) is 0 Å². The first-order valence-electron chi connectivity index (χ1n) is 8.16. The molecule has 0 fully saturated rings. The summed E-state index contributed by atoms with van der Waals surface area (Å²) in [5.74, 6) is -0.0874. The molecule has 2 rings (SSSR count). The maximum atomic E-state index is 12.4. The highest BCUT2D eigenvalue weighted by molar-refractivity contribution is 5.85. The molecule has 130 valence electrons. The number of rotatable bonds is 6. The molecule has 0 aliphatic carbocycles. The van der Waals surface area contributed by atoms with E-state index >= 15 is 0 Å². The van der Waals surface area contributed by atoms with Gasteiger partial charge in [0.25, 0.3) is 0 Å². The monoisotopic (exact) mass is 346 g/mol. The van der Waals surface area contributed by atoms with Crippen molar-refractivity contribution < 1.29 is 4.79 Å². The largest absolute Gasteiger partial charge is 0.352 e. The Kier molecular flexibility index (Phi) is 7.96. The Morgan fingerprint density at radius 2 is 1.29 bits per heavy atom. The standard InChI is InChI=1S/C20H26N2O.ClH/c1-14(15(2)21)20(23)22-16(3)19(17-10-6-4-7-11-17)18-12-8-5-9-13-18;/h4-16,19H,21H2,1-3H3,(H,22,23);1H. The van der Waals surface area contributed by atoms with Gasteiger partial charge in [0.05, 0.1) is 0 Å². The van der Waals surface area contributed by atoms with Crippen molar-refractivity contribution in [2.45, 2.75) is 38.8 Å². The quantitative estimate of drug-likeness (QED) is 0.837. The minimum absolute atomic E-state index is 0. The molecule has 1 amide bonds. The number of amides is 1. The van der Waals surface area contributed by atoms with Crippen LogP contribution in [0.4, 0.5) is 0 Å². The van der Waals surface area contributed by atoms with Crippen LogP contribution in [-0.2, 0) is 4.79 Å². The van der Waals surface area contributed by atoms with Gasteiger partial charge < -0.3 is 11.1 Å². The second-order valence-corrected chi connectivity index (χ2v) is 6.24. The molecule has 0 saturated carbocycles. The predicted molar refractivity (Wildman–Crippen MR) is 102 cm³/mol. The smallest absolute Gasteiger partial charge is 0.224 e. The molecule has 0 aliphatic heterocycles. The summed E-state index contributed by atoms with van der Waals surface area (Å²) in [5, 5.41) is 3.14. The average Bonchev–Trinajstić information content (AvgIpc) is 2.56. The summed E-state index contributed by atoms with van der Waals surface area (Å²) in [6, 6.07) is 20.4. The zero-order valence-corrected chi connectivity index (χ0v) is 15.3. The van der Waals surface area contributed by atoms with Gasteiger partial charge in [0.1, 0.15) is 0 Å². The molecule has 3 unspecified atom stereocenters. The summed E-state index contributed by atoms with van der Waals surface area (Å²) in [6.07, 6.45) is 0. The van der Waals surface area contributed by atoms with Crippen LogP contribution in [0.5, 0.6) is 0 Å². The van der Waals surface area contributed by atoms with Crippen molar-refractivity contribution in [1.82, 2.24) is 5.32 Å². The van der Waals surface area contributed by atoms with Crippen molar-refractivity contribution in [2.75, 3.05) is 0 Å². The van der Waals surface area contributed by atoms with Crippen LogP contribution in [0.3, 0.4) is 0 Å². The number of hydrogen-bond donors (Lipinski definition) is 2. The minimum Gasteiger partial charge on any atom is -0.352 e. The molecule has 0 aliphatic rings. The second kappa shape index (κ2) is 9.45. The summed E-state index contributed by atoms with van der Waals surface area (Å²) < 4.78 is 0. The minimum atomic E-state index is -0.204. The van der Waals surface area contributed by atoms with Crippen molar-refractivity contribution in [3.05, 3.63) is 71.8 Å². The van der Waals surface area contributed by atoms with Crippen molar-refractivity contribution in [1.29, 1.82) is 0 Å². The van der Waals surface area contributed by atoms with Crippen LogP contribution in [0.15, 0.2) is 60.7 Å². The third-order valence-corrected chi connectivity index (χ3v) is 4.39. The number of hydrogen-bond acceptors (Lipinski definition) is 2. The summed E-state index contributed by atoms with van der Waals surface area (Å²) in [7, 11) is 0. The Labute approximate surface area is 151 Å². The lowest BCUT2D eigenvalue weighted by atomic mass is 9.85. The second-order valence-electron chi connectivity index (χ2n) is 6.24. The Bertz CT molecular complexity index is 577. The first-order chi connectivity index (χ1) is 11.0. The van der Waals surface area contributed by atoms with E-state index in [0.29, 0.717) is 0 Å². The highest BCUT2D eigenvalue weighted by Gasteiger charge is 2.25. The molecule has 4 heteroatoms. The number of carbonyl (C=O) groups excluding carboxylic acids is 1. The SMILES string of the molecule is CC(N)C(C)C(=O)NC(C)C(c1ccccc1)c1ccccc1.Cl. The van der Waals surface area contributed by atoms with Gasteiger partial charge in [0.2, 0.25) is 5.91 Å². The van der Waals surface area contributed by atoms with Crippen molar-refractivity contribution >= 4 is 18.3 Å². The van der Waals surface area contributed by atoms with E-state index in [1.54, 1.807) is 0 Å². The Hall–Kier alpha value is -1.84. The van der Waals surface area contributed by atoms with Gasteiger partial charge >= 0.3 is 0 Å². The van der Waals surface area contributed by atoms with E-state index in [2.05, 4.69) is 36.5 Å². The fourth-order valence-electron chi connectivity index (χ4n) is 2.77. The Morgan fingerprint density at radius 1 is 0.875 bits per heavy atom. The summed E-state index contributed by atoms with van der Waals surface area (Å²) in [5.41, 5.74) is 8.24. The predicted octanol–water partition coefficient (Wildman–Crippen LogP) is 3.73. The molecule has 3 N–H and O–H groups in total. The van der Waals surface area contributed by atoms with E-state index in [0.717, 1.165) is 0 Å². The molecule has 3 atom stereocenters. The van der Waals surface area contributed by atoms with Crippen molar-refractivity contribution in [3.8, 4) is 0 Å². The van der Waals surface area contributed by atoms with E-state index in [9.17, 15) is 4.79 Å². The van der Waals surface area contributed by atoms with E-state index in [4.69, 9.17) is 5.73 Å². The van der Waals surface area contributed by atoms with Crippen LogP contribution >= 0.6 is 12.4 Å². The van der Waals surface area contributed by atoms with Crippen LogP contribution < -0.4 is 11.1 Å². The molecule has 2 aromatic rings. The first-order valence-corrected chi connectivity index (χ1v) is 8.16. The van der Waals surface area contributed by atoms with Crippen molar-refractivity contribution in [3.63, 3.8) is 0 Å². The Balaban J connectivity index is 0.00000288. The van der Waals surface area contributed by atoms with E-state index in [1.807, 2.05) is 50.2 Å². The van der Waals surface area contributed by atoms with E-state index < -0.39 is 0 Å². The molecule has 0 heterocycles. The van der Waals surface area contributed by atoms with Gasteiger partial charge in [0.15, 0.2) is 0 Å². The average molecular weight is 347 g/mol. The van der Waals surface area contributed by atoms with Crippen LogP contribution in [0.2, 0.25) is 0 Å². The number of halogens is 1. The van der Waals surface area contributed by atoms with Gasteiger partial charge in [-0.25, -0.2) is 0 Å². The highest BCUT2D eigenvalue weighted by atomic mass is 35.5. The van der Waals surface area contributed by atoms with Gasteiger partial charge in [0, 0.05) is 23.9 Å². The first kappa shape index (κ1) is 20.2. The number of nitrogens with two attached hydrogens (primary N) is 1. The van der Waals surface area contributed by atoms with Crippen LogP contribution in [-0.4, -0.2) is 18.0 Å². The van der Waals surface area contributed by atoms with Gasteiger partial charge in [-0.1, -0.05) is 67.6 Å². The third-order valence-electron chi connectivity index (χ3n) is 4.39. The maximum absolute atomic E-state index is 12.4. The number of nitrogens with one attached hydrogen (secondary N) is 1. The lowest BCUT2D eigenvalue weighted by Gasteiger charge is -2.28. The topological polar surface area (TPSA) is 55.1 Å². The van der Waals surface area contributed by atoms with E-state index in [-0.39, 0.29) is 42.2 Å². The molecule has 3 nitrogen and oxygen atoms in total. The summed E-state index contributed by atoms with van der Waals surface area (Å²) in [6.45, 7) is 5.78. The molecular formula is C20H27ClN2O. The molecule has 0 saturated heterocycles. The normalized spacial score (nSPS) is 14.4. The zero-order valence-electron chi connectivity index (χ0n) is 14.5. The molecule has 0 bridgehead atoms. The third kappa shape index (κ3) is 5.08. The fraction of sp³-hybridized carbons (Fsp3) is 0.350. The summed E-state index contributed by atoms with van der Waals surface area (Å²) >= 11 is 0. The van der Waals surface area contributed by atoms with Gasteiger partial charge in [-0.15, -0.1) is 12.4 Å². The Morgan fingerprint density at radius 3 is 1.67 bits per heavy atom. The maximum Gasteiger partial charge on any atom is 0.224 e. The molecule has 0 spiro atoms. The molecular weight excluding hydrogens is 320 g/mol. The number of carbonyl (C=O) groups is 1. The zero-order chi connectivity index (χ0) is 16.8. The molecule has 0 radical (unpaired) electrons. The van der Waals surface area contributed by atoms with Crippen LogP contribution in [0.1, 0.15) is 37.8 Å². The van der Waals surface area contributed by atoms with E-state index in [1.165, 1.54) is 11.1 Å². The molecule has 0 aromatic heterocycles. The van der Waals surface area contributed by atoms with Crippen LogP contribution in [0.25, 0.3) is 0 Å². The lowest BCUT2D eigenvalue weighted by Crippen LogP contribution is -2.44.